The molecule has 11 heteroatoms. The fourth-order valence-corrected chi connectivity index (χ4v) is 3.29. The number of allylic oxidation sites excluding steroid dienone is 1. The standard InChI is InChI=1S/C26H23F3N6O2/c1-5-21(35-24(30-4)17-8-10-32-23(12-17)33-16(3)36)20-14-19(7-6-15(20)2)34-25(37)22-13-18(9-11-31-22)26(27,28)29/h5-14H,1H2,2-4H3,(H,34,37)(H,32,33,36). The Morgan fingerprint density at radius 1 is 1.03 bits per heavy atom. The molecule has 0 fully saturated rings. The maximum atomic E-state index is 13.0. The van der Waals surface area contributed by atoms with Crippen molar-refractivity contribution in [1.29, 1.82) is 0 Å². The SMILES string of the molecule is C=CC(=NC(=NC)c1ccnc(NC(C)=O)c1)c1cc(NC(=O)c2cc(C(F)(F)F)ccn2)ccc1C. The number of alkyl halides is 3. The number of aliphatic imine (C=N–C) groups is 2. The number of benzene rings is 1. The van der Waals surface area contributed by atoms with Gasteiger partial charge in [0, 0.05) is 43.2 Å². The molecule has 3 rings (SSSR count). The summed E-state index contributed by atoms with van der Waals surface area (Å²) < 4.78 is 39.0. The number of nitrogens with one attached hydrogen (secondary N) is 2. The minimum atomic E-state index is -4.60. The van der Waals surface area contributed by atoms with Crippen LogP contribution in [-0.4, -0.2) is 40.4 Å². The molecule has 0 saturated heterocycles. The van der Waals surface area contributed by atoms with E-state index in [2.05, 4.69) is 37.2 Å². The number of aryl methyl sites for hydroxylation is 1. The minimum Gasteiger partial charge on any atom is -0.321 e. The van der Waals surface area contributed by atoms with E-state index in [-0.39, 0.29) is 11.6 Å². The zero-order valence-electron chi connectivity index (χ0n) is 20.2. The van der Waals surface area contributed by atoms with Crippen LogP contribution < -0.4 is 10.6 Å². The zero-order chi connectivity index (χ0) is 27.2. The molecule has 2 N–H and O–H groups in total. The van der Waals surface area contributed by atoms with Crippen LogP contribution in [0.15, 0.2) is 77.5 Å². The van der Waals surface area contributed by atoms with Crippen molar-refractivity contribution >= 4 is 34.9 Å². The molecule has 3 aromatic rings. The number of carbonyl (C=O) groups excluding carboxylic acids is 2. The van der Waals surface area contributed by atoms with Crippen molar-refractivity contribution in [2.75, 3.05) is 17.7 Å². The highest BCUT2D eigenvalue weighted by atomic mass is 19.4. The van der Waals surface area contributed by atoms with E-state index in [1.165, 1.54) is 19.2 Å². The highest BCUT2D eigenvalue weighted by molar-refractivity contribution is 6.18. The molecule has 2 aromatic heterocycles. The Bertz CT molecular complexity index is 1410. The lowest BCUT2D eigenvalue weighted by molar-refractivity contribution is -0.137. The average Bonchev–Trinajstić information content (AvgIpc) is 2.85. The number of rotatable bonds is 6. The number of hydrogen-bond acceptors (Lipinski definition) is 5. The first-order chi connectivity index (χ1) is 17.5. The molecule has 37 heavy (non-hydrogen) atoms. The number of hydrogen-bond donors (Lipinski definition) is 2. The molecule has 190 valence electrons. The number of halogens is 3. The van der Waals surface area contributed by atoms with E-state index in [1.54, 1.807) is 37.4 Å². The van der Waals surface area contributed by atoms with Crippen LogP contribution in [0.5, 0.6) is 0 Å². The van der Waals surface area contributed by atoms with Crippen LogP contribution in [0.3, 0.4) is 0 Å². The van der Waals surface area contributed by atoms with Gasteiger partial charge in [0.25, 0.3) is 5.91 Å². The van der Waals surface area contributed by atoms with Gasteiger partial charge >= 0.3 is 6.18 Å². The summed E-state index contributed by atoms with van der Waals surface area (Å²) >= 11 is 0. The van der Waals surface area contributed by atoms with Crippen LogP contribution >= 0.6 is 0 Å². The van der Waals surface area contributed by atoms with Gasteiger partial charge in [-0.3, -0.25) is 19.6 Å². The Kier molecular flexibility index (Phi) is 8.28. The van der Waals surface area contributed by atoms with Gasteiger partial charge in [0.2, 0.25) is 5.91 Å². The van der Waals surface area contributed by atoms with Crippen molar-refractivity contribution in [2.24, 2.45) is 9.98 Å². The second-order valence-corrected chi connectivity index (χ2v) is 7.77. The predicted octanol–water partition coefficient (Wildman–Crippen LogP) is 5.07. The van der Waals surface area contributed by atoms with Gasteiger partial charge in [-0.15, -0.1) is 0 Å². The lowest BCUT2D eigenvalue weighted by Gasteiger charge is -2.12. The fourth-order valence-electron chi connectivity index (χ4n) is 3.29. The molecule has 0 atom stereocenters. The second kappa shape index (κ2) is 11.4. The molecule has 0 aliphatic rings. The first-order valence-corrected chi connectivity index (χ1v) is 10.9. The fraction of sp³-hybridized carbons (Fsp3) is 0.154. The smallest absolute Gasteiger partial charge is 0.321 e. The number of carbonyl (C=O) groups is 2. The second-order valence-electron chi connectivity index (χ2n) is 7.77. The lowest BCUT2D eigenvalue weighted by Crippen LogP contribution is -2.16. The summed E-state index contributed by atoms with van der Waals surface area (Å²) in [6.45, 7) is 7.03. The number of amidine groups is 1. The summed E-state index contributed by atoms with van der Waals surface area (Å²) in [5.74, 6) is -0.391. The van der Waals surface area contributed by atoms with E-state index in [1.807, 2.05) is 6.92 Å². The van der Waals surface area contributed by atoms with E-state index in [4.69, 9.17) is 0 Å². The molecular formula is C26H23F3N6O2. The van der Waals surface area contributed by atoms with Crippen molar-refractivity contribution in [3.05, 3.63) is 95.5 Å². The highest BCUT2D eigenvalue weighted by Crippen LogP contribution is 2.29. The summed E-state index contributed by atoms with van der Waals surface area (Å²) in [4.78, 5) is 40.6. The van der Waals surface area contributed by atoms with Crippen LogP contribution in [0, 0.1) is 6.92 Å². The Morgan fingerprint density at radius 2 is 1.76 bits per heavy atom. The first kappa shape index (κ1) is 26.9. The Labute approximate surface area is 211 Å². The van der Waals surface area contributed by atoms with E-state index in [0.29, 0.717) is 40.2 Å². The molecule has 0 unspecified atom stereocenters. The Morgan fingerprint density at radius 3 is 2.41 bits per heavy atom. The van der Waals surface area contributed by atoms with Gasteiger partial charge in [-0.05, 0) is 55.0 Å². The number of pyridine rings is 2. The summed E-state index contributed by atoms with van der Waals surface area (Å²) in [5.41, 5.74) is 1.43. The van der Waals surface area contributed by atoms with Crippen LogP contribution in [0.25, 0.3) is 0 Å². The summed E-state index contributed by atoms with van der Waals surface area (Å²) in [5, 5.41) is 5.17. The molecule has 2 amide bonds. The summed E-state index contributed by atoms with van der Waals surface area (Å²) in [6, 6.07) is 9.76. The molecule has 2 heterocycles. The Hall–Kier alpha value is -4.67. The maximum Gasteiger partial charge on any atom is 0.416 e. The highest BCUT2D eigenvalue weighted by Gasteiger charge is 2.31. The van der Waals surface area contributed by atoms with Gasteiger partial charge in [-0.1, -0.05) is 12.6 Å². The number of aromatic nitrogens is 2. The van der Waals surface area contributed by atoms with E-state index in [9.17, 15) is 22.8 Å². The van der Waals surface area contributed by atoms with Crippen molar-refractivity contribution in [3.8, 4) is 0 Å². The molecule has 0 radical (unpaired) electrons. The zero-order valence-corrected chi connectivity index (χ0v) is 20.2. The number of anilines is 2. The number of amides is 2. The van der Waals surface area contributed by atoms with Crippen molar-refractivity contribution in [1.82, 2.24) is 9.97 Å². The molecule has 0 aliphatic heterocycles. The van der Waals surface area contributed by atoms with Crippen LogP contribution in [-0.2, 0) is 11.0 Å². The van der Waals surface area contributed by atoms with Gasteiger partial charge in [0.15, 0.2) is 5.84 Å². The average molecular weight is 509 g/mol. The predicted molar refractivity (Wildman–Crippen MR) is 136 cm³/mol. The molecule has 0 spiro atoms. The van der Waals surface area contributed by atoms with E-state index >= 15 is 0 Å². The first-order valence-electron chi connectivity index (χ1n) is 10.9. The maximum absolute atomic E-state index is 13.0. The third-order valence-electron chi connectivity index (χ3n) is 5.05. The molecule has 0 aliphatic carbocycles. The van der Waals surface area contributed by atoms with Gasteiger partial charge in [0.05, 0.1) is 11.3 Å². The van der Waals surface area contributed by atoms with Crippen LogP contribution in [0.2, 0.25) is 0 Å². The third-order valence-corrected chi connectivity index (χ3v) is 5.05. The van der Waals surface area contributed by atoms with E-state index in [0.717, 1.165) is 17.8 Å². The molecule has 0 bridgehead atoms. The number of nitrogens with zero attached hydrogens (tertiary/aromatic N) is 4. The van der Waals surface area contributed by atoms with Gasteiger partial charge in [0.1, 0.15) is 11.5 Å². The van der Waals surface area contributed by atoms with E-state index < -0.39 is 17.6 Å². The van der Waals surface area contributed by atoms with Crippen molar-refractivity contribution < 1.29 is 22.8 Å². The van der Waals surface area contributed by atoms with Crippen LogP contribution in [0.4, 0.5) is 24.7 Å². The lowest BCUT2D eigenvalue weighted by atomic mass is 10.0. The van der Waals surface area contributed by atoms with Crippen LogP contribution in [0.1, 0.15) is 39.7 Å². The van der Waals surface area contributed by atoms with Gasteiger partial charge < -0.3 is 10.6 Å². The Balaban J connectivity index is 1.92. The minimum absolute atomic E-state index is 0.273. The quantitative estimate of drug-likeness (QED) is 0.358. The molecular weight excluding hydrogens is 485 g/mol. The van der Waals surface area contributed by atoms with Gasteiger partial charge in [-0.25, -0.2) is 9.98 Å². The normalized spacial score (nSPS) is 12.2. The monoisotopic (exact) mass is 508 g/mol. The largest absolute Gasteiger partial charge is 0.416 e. The van der Waals surface area contributed by atoms with Crippen molar-refractivity contribution in [2.45, 2.75) is 20.0 Å². The van der Waals surface area contributed by atoms with Crippen molar-refractivity contribution in [3.63, 3.8) is 0 Å². The molecule has 8 nitrogen and oxygen atoms in total. The summed E-state index contributed by atoms with van der Waals surface area (Å²) in [6.07, 6.45) is -0.634. The van der Waals surface area contributed by atoms with Gasteiger partial charge in [-0.2, -0.15) is 13.2 Å². The topological polar surface area (TPSA) is 109 Å². The third kappa shape index (κ3) is 6.94. The molecule has 0 saturated carbocycles. The molecule has 1 aromatic carbocycles. The summed E-state index contributed by atoms with van der Waals surface area (Å²) in [7, 11) is 1.56.